The van der Waals surface area contributed by atoms with Gasteiger partial charge in [0.05, 0.1) is 6.61 Å². The number of nitrogens with zero attached hydrogens (tertiary/aromatic N) is 2. The van der Waals surface area contributed by atoms with Crippen LogP contribution in [0.1, 0.15) is 39.5 Å². The molecule has 4 nitrogen and oxygen atoms in total. The molecule has 2 fully saturated rings. The zero-order chi connectivity index (χ0) is 13.2. The lowest BCUT2D eigenvalue weighted by atomic mass is 10.00. The van der Waals surface area contributed by atoms with E-state index in [-0.39, 0.29) is 12.1 Å². The average molecular weight is 255 g/mol. The Morgan fingerprint density at radius 3 is 2.50 bits per heavy atom. The molecule has 0 amide bonds. The van der Waals surface area contributed by atoms with Crippen molar-refractivity contribution in [3.05, 3.63) is 0 Å². The summed E-state index contributed by atoms with van der Waals surface area (Å²) in [6.45, 7) is 9.41. The van der Waals surface area contributed by atoms with E-state index in [2.05, 4.69) is 23.6 Å². The Bertz CT molecular complexity index is 266. The Morgan fingerprint density at radius 2 is 2.00 bits per heavy atom. The molecule has 1 heterocycles. The predicted octanol–water partition coefficient (Wildman–Crippen LogP) is 0.645. The van der Waals surface area contributed by atoms with Gasteiger partial charge in [0.2, 0.25) is 0 Å². The third kappa shape index (κ3) is 3.05. The maximum atomic E-state index is 9.34. The molecule has 2 rings (SSSR count). The molecular weight excluding hydrogens is 226 g/mol. The molecule has 18 heavy (non-hydrogen) atoms. The molecule has 0 aromatic rings. The van der Waals surface area contributed by atoms with Crippen molar-refractivity contribution in [2.24, 2.45) is 5.73 Å². The summed E-state index contributed by atoms with van der Waals surface area (Å²) in [5.41, 5.74) is 5.86. The van der Waals surface area contributed by atoms with Crippen LogP contribution < -0.4 is 5.73 Å². The summed E-state index contributed by atoms with van der Waals surface area (Å²) in [6, 6.07) is 1.31. The molecule has 3 N–H and O–H groups in total. The summed E-state index contributed by atoms with van der Waals surface area (Å²) in [7, 11) is 0. The highest BCUT2D eigenvalue weighted by atomic mass is 16.3. The highest BCUT2D eigenvalue weighted by molar-refractivity contribution is 4.97. The fourth-order valence-corrected chi connectivity index (χ4v) is 3.38. The molecule has 0 radical (unpaired) electrons. The van der Waals surface area contributed by atoms with E-state index >= 15 is 0 Å². The van der Waals surface area contributed by atoms with Gasteiger partial charge < -0.3 is 10.8 Å². The van der Waals surface area contributed by atoms with Crippen LogP contribution in [0.15, 0.2) is 0 Å². The standard InChI is InChI=1S/C14H29N3O/c1-3-12(2)16-6-8-17(9-7-16)13-4-5-14(15,10-13)11-18/h12-13,18H,3-11,15H2,1-2H3. The minimum Gasteiger partial charge on any atom is -0.394 e. The van der Waals surface area contributed by atoms with E-state index in [1.54, 1.807) is 0 Å². The Morgan fingerprint density at radius 1 is 1.33 bits per heavy atom. The monoisotopic (exact) mass is 255 g/mol. The van der Waals surface area contributed by atoms with Crippen LogP contribution in [-0.4, -0.2) is 65.3 Å². The molecule has 3 unspecified atom stereocenters. The number of piperazine rings is 1. The zero-order valence-corrected chi connectivity index (χ0v) is 11.9. The SMILES string of the molecule is CCC(C)N1CCN(C2CCC(N)(CO)C2)CC1. The maximum Gasteiger partial charge on any atom is 0.0611 e. The first-order chi connectivity index (χ1) is 8.58. The highest BCUT2D eigenvalue weighted by Gasteiger charge is 2.38. The van der Waals surface area contributed by atoms with Crippen molar-refractivity contribution < 1.29 is 5.11 Å². The van der Waals surface area contributed by atoms with E-state index in [1.165, 1.54) is 19.5 Å². The Labute approximate surface area is 111 Å². The van der Waals surface area contributed by atoms with Crippen LogP contribution in [0.3, 0.4) is 0 Å². The number of hydrogen-bond acceptors (Lipinski definition) is 4. The molecule has 0 aromatic carbocycles. The van der Waals surface area contributed by atoms with Gasteiger partial charge in [0.15, 0.2) is 0 Å². The molecule has 106 valence electrons. The topological polar surface area (TPSA) is 52.7 Å². The molecule has 1 saturated carbocycles. The number of nitrogens with two attached hydrogens (primary N) is 1. The van der Waals surface area contributed by atoms with Crippen LogP contribution in [0.25, 0.3) is 0 Å². The van der Waals surface area contributed by atoms with E-state index in [0.717, 1.165) is 32.4 Å². The predicted molar refractivity (Wildman–Crippen MR) is 74.5 cm³/mol. The van der Waals surface area contributed by atoms with Crippen molar-refractivity contribution in [1.82, 2.24) is 9.80 Å². The summed E-state index contributed by atoms with van der Waals surface area (Å²) in [6.07, 6.45) is 4.33. The summed E-state index contributed by atoms with van der Waals surface area (Å²) in [4.78, 5) is 5.18. The second-order valence-corrected chi connectivity index (χ2v) is 6.25. The normalized spacial score (nSPS) is 37.0. The van der Waals surface area contributed by atoms with Gasteiger partial charge in [0.25, 0.3) is 0 Å². The van der Waals surface area contributed by atoms with E-state index in [9.17, 15) is 5.11 Å². The van der Waals surface area contributed by atoms with Crippen molar-refractivity contribution in [3.8, 4) is 0 Å². The third-order valence-corrected chi connectivity index (χ3v) is 5.01. The van der Waals surface area contributed by atoms with Crippen molar-refractivity contribution in [2.75, 3.05) is 32.8 Å². The molecular formula is C14H29N3O. The largest absolute Gasteiger partial charge is 0.394 e. The molecule has 0 bridgehead atoms. The second-order valence-electron chi connectivity index (χ2n) is 6.25. The fraction of sp³-hybridized carbons (Fsp3) is 1.00. The van der Waals surface area contributed by atoms with Gasteiger partial charge in [0, 0.05) is 43.8 Å². The van der Waals surface area contributed by atoms with Gasteiger partial charge in [-0.2, -0.15) is 0 Å². The molecule has 2 aliphatic rings. The lowest BCUT2D eigenvalue weighted by molar-refractivity contribution is 0.0702. The van der Waals surface area contributed by atoms with Crippen molar-refractivity contribution in [3.63, 3.8) is 0 Å². The molecule has 3 atom stereocenters. The third-order valence-electron chi connectivity index (χ3n) is 5.01. The Balaban J connectivity index is 1.80. The molecule has 0 spiro atoms. The first kappa shape index (κ1) is 14.3. The number of hydrogen-bond donors (Lipinski definition) is 2. The zero-order valence-electron chi connectivity index (χ0n) is 11.9. The first-order valence-corrected chi connectivity index (χ1v) is 7.46. The van der Waals surface area contributed by atoms with Crippen LogP contribution in [0.2, 0.25) is 0 Å². The number of aliphatic hydroxyl groups is 1. The Hall–Kier alpha value is -0.160. The van der Waals surface area contributed by atoms with Gasteiger partial charge >= 0.3 is 0 Å². The Kier molecular flexibility index (Phi) is 4.64. The minimum absolute atomic E-state index is 0.135. The van der Waals surface area contributed by atoms with Crippen molar-refractivity contribution in [1.29, 1.82) is 0 Å². The van der Waals surface area contributed by atoms with E-state index in [1.807, 2.05) is 0 Å². The van der Waals surface area contributed by atoms with Crippen LogP contribution in [-0.2, 0) is 0 Å². The van der Waals surface area contributed by atoms with Crippen molar-refractivity contribution in [2.45, 2.75) is 57.2 Å². The van der Waals surface area contributed by atoms with Crippen LogP contribution in [0, 0.1) is 0 Å². The van der Waals surface area contributed by atoms with Gasteiger partial charge in [-0.05, 0) is 32.6 Å². The van der Waals surface area contributed by atoms with E-state index in [0.29, 0.717) is 12.1 Å². The summed E-state index contributed by atoms with van der Waals surface area (Å²) in [5, 5.41) is 9.34. The average Bonchev–Trinajstić information content (AvgIpc) is 2.81. The van der Waals surface area contributed by atoms with Crippen molar-refractivity contribution >= 4 is 0 Å². The minimum atomic E-state index is -0.307. The molecule has 1 aliphatic heterocycles. The fourth-order valence-electron chi connectivity index (χ4n) is 3.38. The van der Waals surface area contributed by atoms with Crippen LogP contribution >= 0.6 is 0 Å². The number of rotatable bonds is 4. The molecule has 0 aromatic heterocycles. The second kappa shape index (κ2) is 5.87. The lowest BCUT2D eigenvalue weighted by Crippen LogP contribution is -2.53. The van der Waals surface area contributed by atoms with Gasteiger partial charge in [-0.15, -0.1) is 0 Å². The van der Waals surface area contributed by atoms with Crippen LogP contribution in [0.4, 0.5) is 0 Å². The summed E-state index contributed by atoms with van der Waals surface area (Å²) < 4.78 is 0. The van der Waals surface area contributed by atoms with E-state index < -0.39 is 0 Å². The van der Waals surface area contributed by atoms with Gasteiger partial charge in [0.1, 0.15) is 0 Å². The smallest absolute Gasteiger partial charge is 0.0611 e. The van der Waals surface area contributed by atoms with E-state index in [4.69, 9.17) is 5.73 Å². The van der Waals surface area contributed by atoms with Gasteiger partial charge in [-0.25, -0.2) is 0 Å². The number of aliphatic hydroxyl groups excluding tert-OH is 1. The lowest BCUT2D eigenvalue weighted by Gasteiger charge is -2.40. The molecule has 1 saturated heterocycles. The highest BCUT2D eigenvalue weighted by Crippen LogP contribution is 2.31. The molecule has 1 aliphatic carbocycles. The van der Waals surface area contributed by atoms with Gasteiger partial charge in [-0.1, -0.05) is 6.92 Å². The van der Waals surface area contributed by atoms with Gasteiger partial charge in [-0.3, -0.25) is 9.80 Å². The maximum absolute atomic E-state index is 9.34. The summed E-state index contributed by atoms with van der Waals surface area (Å²) >= 11 is 0. The summed E-state index contributed by atoms with van der Waals surface area (Å²) in [5.74, 6) is 0. The quantitative estimate of drug-likeness (QED) is 0.774. The molecule has 4 heteroatoms. The van der Waals surface area contributed by atoms with Crippen LogP contribution in [0.5, 0.6) is 0 Å². The first-order valence-electron chi connectivity index (χ1n) is 7.46.